The van der Waals surface area contributed by atoms with Crippen LogP contribution in [0.15, 0.2) is 11.6 Å². The fourth-order valence-corrected chi connectivity index (χ4v) is 2.01. The number of hydrogen-bond acceptors (Lipinski definition) is 3. The van der Waals surface area contributed by atoms with Gasteiger partial charge in [-0.15, -0.1) is 0 Å². The molecule has 1 aliphatic rings. The molecule has 5 heteroatoms. The van der Waals surface area contributed by atoms with Crippen LogP contribution in [0.5, 0.6) is 0 Å². The minimum Gasteiger partial charge on any atom is -0.386 e. The normalized spacial score (nSPS) is 20.1. The molecule has 0 radical (unpaired) electrons. The molecule has 0 bridgehead atoms. The molecule has 0 saturated carbocycles. The van der Waals surface area contributed by atoms with Gasteiger partial charge in [0, 0.05) is 19.1 Å². The molecule has 1 atom stereocenters. The number of nitrogens with zero attached hydrogens (tertiary/aromatic N) is 1. The van der Waals surface area contributed by atoms with Crippen molar-refractivity contribution < 1.29 is 13.9 Å². The van der Waals surface area contributed by atoms with E-state index in [2.05, 4.69) is 30.1 Å². The summed E-state index contributed by atoms with van der Waals surface area (Å²) in [6.45, 7) is 7.07. The largest absolute Gasteiger partial charge is 0.386 e. The highest BCUT2D eigenvalue weighted by atomic mass is 19.3. The molecule has 0 amide bonds. The first kappa shape index (κ1) is 15.5. The summed E-state index contributed by atoms with van der Waals surface area (Å²) < 4.78 is 24.2. The highest BCUT2D eigenvalue weighted by Crippen LogP contribution is 2.11. The van der Waals surface area contributed by atoms with Gasteiger partial charge in [0.25, 0.3) is 6.43 Å². The molecule has 0 aromatic heterocycles. The molecule has 0 aliphatic carbocycles. The average Bonchev–Trinajstić information content (AvgIpc) is 2.34. The van der Waals surface area contributed by atoms with E-state index >= 15 is 0 Å². The topological polar surface area (TPSA) is 35.5 Å². The van der Waals surface area contributed by atoms with E-state index < -0.39 is 12.5 Å². The van der Waals surface area contributed by atoms with Gasteiger partial charge in [-0.05, 0) is 39.8 Å². The summed E-state index contributed by atoms with van der Waals surface area (Å²) in [5.41, 5.74) is 1.32. The number of halogens is 2. The molecule has 106 valence electrons. The molecule has 1 rings (SSSR count). The van der Waals surface area contributed by atoms with Gasteiger partial charge in [0.2, 0.25) is 0 Å². The third kappa shape index (κ3) is 5.89. The van der Waals surface area contributed by atoms with E-state index in [0.29, 0.717) is 0 Å². The molecule has 0 aromatic rings. The monoisotopic (exact) mass is 262 g/mol. The second kappa shape index (κ2) is 7.81. The van der Waals surface area contributed by atoms with Crippen LogP contribution in [0.1, 0.15) is 26.7 Å². The molecule has 1 aliphatic heterocycles. The number of hydrogen-bond donors (Lipinski definition) is 2. The molecule has 18 heavy (non-hydrogen) atoms. The van der Waals surface area contributed by atoms with Crippen LogP contribution in [-0.2, 0) is 0 Å². The number of rotatable bonds is 6. The van der Waals surface area contributed by atoms with Crippen LogP contribution in [0.2, 0.25) is 0 Å². The number of aliphatic hydroxyl groups is 1. The lowest BCUT2D eigenvalue weighted by Crippen LogP contribution is -2.45. The smallest absolute Gasteiger partial charge is 0.265 e. The lowest BCUT2D eigenvalue weighted by atomic mass is 10.0. The summed E-state index contributed by atoms with van der Waals surface area (Å²) in [6, 6.07) is 0.251. The zero-order valence-corrected chi connectivity index (χ0v) is 11.2. The zero-order chi connectivity index (χ0) is 13.5. The predicted octanol–water partition coefficient (Wildman–Crippen LogP) is 1.63. The van der Waals surface area contributed by atoms with Crippen molar-refractivity contribution in [3.05, 3.63) is 11.6 Å². The fourth-order valence-electron chi connectivity index (χ4n) is 2.01. The second-order valence-electron chi connectivity index (χ2n) is 5.17. The fraction of sp³-hybridized carbons (Fsp3) is 0.846. The molecule has 1 saturated heterocycles. The van der Waals surface area contributed by atoms with E-state index in [0.717, 1.165) is 32.5 Å². The van der Waals surface area contributed by atoms with Gasteiger partial charge in [0.05, 0.1) is 0 Å². The first-order valence-electron chi connectivity index (χ1n) is 6.54. The molecule has 1 fully saturated rings. The minimum atomic E-state index is -2.66. The first-order valence-corrected chi connectivity index (χ1v) is 6.54. The van der Waals surface area contributed by atoms with Crippen LogP contribution in [0.4, 0.5) is 8.78 Å². The molecule has 3 nitrogen and oxygen atoms in total. The van der Waals surface area contributed by atoms with Crippen molar-refractivity contribution in [3.8, 4) is 0 Å². The van der Waals surface area contributed by atoms with Crippen molar-refractivity contribution in [1.29, 1.82) is 0 Å². The molecule has 2 N–H and O–H groups in total. The number of piperidine rings is 1. The van der Waals surface area contributed by atoms with Gasteiger partial charge < -0.3 is 10.4 Å². The van der Waals surface area contributed by atoms with Gasteiger partial charge in [-0.25, -0.2) is 8.78 Å². The first-order chi connectivity index (χ1) is 8.49. The SMILES string of the molecule is CC(C)=CCN1CCC(NCC(O)C(F)F)CC1. The Kier molecular flexibility index (Phi) is 6.75. The van der Waals surface area contributed by atoms with Gasteiger partial charge in [-0.3, -0.25) is 4.90 Å². The van der Waals surface area contributed by atoms with Crippen LogP contribution >= 0.6 is 0 Å². The Bertz CT molecular complexity index is 260. The van der Waals surface area contributed by atoms with E-state index in [4.69, 9.17) is 5.11 Å². The maximum Gasteiger partial charge on any atom is 0.265 e. The van der Waals surface area contributed by atoms with Crippen LogP contribution in [-0.4, -0.2) is 54.8 Å². The number of allylic oxidation sites excluding steroid dienone is 1. The van der Waals surface area contributed by atoms with Gasteiger partial charge in [0.15, 0.2) is 0 Å². The summed E-state index contributed by atoms with van der Waals surface area (Å²) in [7, 11) is 0. The zero-order valence-electron chi connectivity index (χ0n) is 11.2. The van der Waals surface area contributed by atoms with E-state index in [-0.39, 0.29) is 12.6 Å². The minimum absolute atomic E-state index is 0.0176. The number of aliphatic hydroxyl groups excluding tert-OH is 1. The van der Waals surface area contributed by atoms with E-state index in [9.17, 15) is 8.78 Å². The second-order valence-corrected chi connectivity index (χ2v) is 5.17. The Morgan fingerprint density at radius 2 is 2.00 bits per heavy atom. The number of alkyl halides is 2. The van der Waals surface area contributed by atoms with Gasteiger partial charge in [-0.1, -0.05) is 11.6 Å². The average molecular weight is 262 g/mol. The standard InChI is InChI=1S/C13H24F2N2O/c1-10(2)3-6-17-7-4-11(5-8-17)16-9-12(18)13(14)15/h3,11-13,16,18H,4-9H2,1-2H3. The van der Waals surface area contributed by atoms with Crippen molar-refractivity contribution in [2.45, 2.75) is 45.3 Å². The van der Waals surface area contributed by atoms with Crippen molar-refractivity contribution in [1.82, 2.24) is 10.2 Å². The van der Waals surface area contributed by atoms with Crippen molar-refractivity contribution in [2.75, 3.05) is 26.2 Å². The molecule has 1 unspecified atom stereocenters. The Labute approximate surface area is 108 Å². The Morgan fingerprint density at radius 3 is 2.50 bits per heavy atom. The molecule has 0 aromatic carbocycles. The third-order valence-corrected chi connectivity index (χ3v) is 3.25. The van der Waals surface area contributed by atoms with Crippen LogP contribution in [0, 0.1) is 0 Å². The summed E-state index contributed by atoms with van der Waals surface area (Å²) in [6.07, 6.45) is -0.100. The summed E-state index contributed by atoms with van der Waals surface area (Å²) in [4.78, 5) is 2.36. The van der Waals surface area contributed by atoms with E-state index in [1.165, 1.54) is 5.57 Å². The molecule has 1 heterocycles. The Balaban J connectivity index is 2.17. The number of nitrogens with one attached hydrogen (secondary N) is 1. The van der Waals surface area contributed by atoms with Crippen molar-refractivity contribution in [2.24, 2.45) is 0 Å². The summed E-state index contributed by atoms with van der Waals surface area (Å²) in [5.74, 6) is 0. The van der Waals surface area contributed by atoms with Gasteiger partial charge in [-0.2, -0.15) is 0 Å². The highest BCUT2D eigenvalue weighted by molar-refractivity contribution is 4.95. The van der Waals surface area contributed by atoms with Crippen molar-refractivity contribution >= 4 is 0 Å². The predicted molar refractivity (Wildman–Crippen MR) is 68.9 cm³/mol. The van der Waals surface area contributed by atoms with E-state index in [1.54, 1.807) is 0 Å². The molecule has 0 spiro atoms. The molecular formula is C13H24F2N2O. The highest BCUT2D eigenvalue weighted by Gasteiger charge is 2.21. The summed E-state index contributed by atoms with van der Waals surface area (Å²) in [5, 5.41) is 12.0. The lowest BCUT2D eigenvalue weighted by molar-refractivity contribution is -0.00563. The Morgan fingerprint density at radius 1 is 1.39 bits per heavy atom. The maximum atomic E-state index is 12.1. The number of likely N-dealkylation sites (tertiary alicyclic amines) is 1. The van der Waals surface area contributed by atoms with Crippen molar-refractivity contribution in [3.63, 3.8) is 0 Å². The van der Waals surface area contributed by atoms with Crippen LogP contribution in [0.3, 0.4) is 0 Å². The lowest BCUT2D eigenvalue weighted by Gasteiger charge is -2.32. The quantitative estimate of drug-likeness (QED) is 0.714. The third-order valence-electron chi connectivity index (χ3n) is 3.25. The van der Waals surface area contributed by atoms with Gasteiger partial charge in [0.1, 0.15) is 6.10 Å². The van der Waals surface area contributed by atoms with Gasteiger partial charge >= 0.3 is 0 Å². The summed E-state index contributed by atoms with van der Waals surface area (Å²) >= 11 is 0. The van der Waals surface area contributed by atoms with E-state index in [1.807, 2.05) is 0 Å². The Hall–Kier alpha value is -0.520. The van der Waals surface area contributed by atoms with Crippen LogP contribution in [0.25, 0.3) is 0 Å². The molecular weight excluding hydrogens is 238 g/mol. The maximum absolute atomic E-state index is 12.1. The van der Waals surface area contributed by atoms with Crippen LogP contribution < -0.4 is 5.32 Å².